The number of hydrogen-bond acceptors (Lipinski definition) is 2. The van der Waals surface area contributed by atoms with Gasteiger partial charge in [0.15, 0.2) is 0 Å². The summed E-state index contributed by atoms with van der Waals surface area (Å²) in [6, 6.07) is 7.67. The molecule has 1 atom stereocenters. The molecule has 1 aliphatic rings. The highest BCUT2D eigenvalue weighted by atomic mass is 19.4. The number of anilines is 1. The number of hydrogen-bond donors (Lipinski definition) is 1. The highest BCUT2D eigenvalue weighted by Gasteiger charge is 2.41. The van der Waals surface area contributed by atoms with Crippen LogP contribution in [0.4, 0.5) is 18.9 Å². The van der Waals surface area contributed by atoms with Crippen LogP contribution >= 0.6 is 0 Å². The van der Waals surface area contributed by atoms with Gasteiger partial charge in [0.1, 0.15) is 0 Å². The van der Waals surface area contributed by atoms with Gasteiger partial charge in [-0.3, -0.25) is 0 Å². The fraction of sp³-hybridized carbons (Fsp3) is 0.571. The Labute approximate surface area is 111 Å². The number of alkyl halides is 3. The predicted molar refractivity (Wildman–Crippen MR) is 70.2 cm³/mol. The summed E-state index contributed by atoms with van der Waals surface area (Å²) in [5, 5.41) is 3.06. The van der Waals surface area contributed by atoms with Crippen molar-refractivity contribution >= 4 is 5.69 Å². The van der Waals surface area contributed by atoms with Crippen molar-refractivity contribution in [3.63, 3.8) is 0 Å². The standard InChI is InChI=1S/C14H19F3N2/c1-18-9-11-5-2-3-7-13(11)19-8-4-6-12(10-19)14(15,16)17/h2-3,5,7,12,18H,4,6,8-10H2,1H3. The van der Waals surface area contributed by atoms with E-state index in [1.165, 1.54) is 0 Å². The summed E-state index contributed by atoms with van der Waals surface area (Å²) < 4.78 is 38.5. The van der Waals surface area contributed by atoms with Gasteiger partial charge in [0.2, 0.25) is 0 Å². The minimum absolute atomic E-state index is 0.0736. The minimum Gasteiger partial charge on any atom is -0.371 e. The summed E-state index contributed by atoms with van der Waals surface area (Å²) >= 11 is 0. The molecule has 1 N–H and O–H groups in total. The van der Waals surface area contributed by atoms with Gasteiger partial charge < -0.3 is 10.2 Å². The first-order valence-electron chi connectivity index (χ1n) is 6.56. The Morgan fingerprint density at radius 1 is 1.32 bits per heavy atom. The number of para-hydroxylation sites is 1. The SMILES string of the molecule is CNCc1ccccc1N1CCCC(C(F)(F)F)C1. The van der Waals surface area contributed by atoms with E-state index in [2.05, 4.69) is 5.32 Å². The summed E-state index contributed by atoms with van der Waals surface area (Å²) in [6.07, 6.45) is -3.25. The van der Waals surface area contributed by atoms with Gasteiger partial charge in [-0.15, -0.1) is 0 Å². The Morgan fingerprint density at radius 2 is 2.05 bits per heavy atom. The van der Waals surface area contributed by atoms with E-state index in [1.54, 1.807) is 0 Å². The van der Waals surface area contributed by atoms with Crippen molar-refractivity contribution in [1.82, 2.24) is 5.32 Å². The third-order valence-corrected chi connectivity index (χ3v) is 3.58. The molecule has 1 unspecified atom stereocenters. The van der Waals surface area contributed by atoms with Gasteiger partial charge in [-0.25, -0.2) is 0 Å². The average Bonchev–Trinajstić information content (AvgIpc) is 2.39. The molecule has 0 bridgehead atoms. The molecule has 2 nitrogen and oxygen atoms in total. The summed E-state index contributed by atoms with van der Waals surface area (Å²) in [5.74, 6) is -1.20. The van der Waals surface area contributed by atoms with E-state index in [1.807, 2.05) is 36.2 Å². The Kier molecular flexibility index (Phi) is 4.34. The first-order valence-corrected chi connectivity index (χ1v) is 6.56. The first-order chi connectivity index (χ1) is 9.02. The zero-order chi connectivity index (χ0) is 13.9. The Hall–Kier alpha value is -1.23. The van der Waals surface area contributed by atoms with E-state index in [0.717, 1.165) is 11.3 Å². The van der Waals surface area contributed by atoms with Crippen molar-refractivity contribution in [3.05, 3.63) is 29.8 Å². The molecular formula is C14H19F3N2. The first kappa shape index (κ1) is 14.2. The molecule has 2 rings (SSSR count). The molecule has 0 saturated carbocycles. The molecule has 0 aliphatic carbocycles. The molecule has 0 aromatic heterocycles. The Bertz CT molecular complexity index is 417. The molecule has 1 saturated heterocycles. The highest BCUT2D eigenvalue weighted by molar-refractivity contribution is 5.54. The van der Waals surface area contributed by atoms with Crippen molar-refractivity contribution in [2.45, 2.75) is 25.6 Å². The van der Waals surface area contributed by atoms with Crippen LogP contribution < -0.4 is 10.2 Å². The van der Waals surface area contributed by atoms with Crippen LogP contribution in [0.25, 0.3) is 0 Å². The van der Waals surface area contributed by atoms with Crippen LogP contribution in [0.2, 0.25) is 0 Å². The van der Waals surface area contributed by atoms with Crippen molar-refractivity contribution in [2.24, 2.45) is 5.92 Å². The summed E-state index contributed by atoms with van der Waals surface area (Å²) in [7, 11) is 1.84. The van der Waals surface area contributed by atoms with E-state index in [0.29, 0.717) is 19.5 Å². The second kappa shape index (κ2) is 5.82. The summed E-state index contributed by atoms with van der Waals surface area (Å²) in [6.45, 7) is 1.45. The van der Waals surface area contributed by atoms with E-state index < -0.39 is 12.1 Å². The van der Waals surface area contributed by atoms with Crippen LogP contribution in [0.15, 0.2) is 24.3 Å². The molecule has 1 heterocycles. The topological polar surface area (TPSA) is 15.3 Å². The van der Waals surface area contributed by atoms with E-state index in [-0.39, 0.29) is 13.0 Å². The molecule has 1 aromatic carbocycles. The molecule has 1 aromatic rings. The Morgan fingerprint density at radius 3 is 2.74 bits per heavy atom. The lowest BCUT2D eigenvalue weighted by Gasteiger charge is -2.36. The molecule has 0 radical (unpaired) electrons. The number of benzene rings is 1. The van der Waals surface area contributed by atoms with Crippen LogP contribution in [0, 0.1) is 5.92 Å². The van der Waals surface area contributed by atoms with E-state index >= 15 is 0 Å². The van der Waals surface area contributed by atoms with Gasteiger partial charge in [0, 0.05) is 25.3 Å². The largest absolute Gasteiger partial charge is 0.393 e. The summed E-state index contributed by atoms with van der Waals surface area (Å²) in [5.41, 5.74) is 1.97. The van der Waals surface area contributed by atoms with Crippen LogP contribution in [0.5, 0.6) is 0 Å². The quantitative estimate of drug-likeness (QED) is 0.909. The Balaban J connectivity index is 2.17. The predicted octanol–water partition coefficient (Wildman–Crippen LogP) is 3.18. The van der Waals surface area contributed by atoms with Gasteiger partial charge in [-0.1, -0.05) is 18.2 Å². The van der Waals surface area contributed by atoms with Gasteiger partial charge in [-0.05, 0) is 31.5 Å². The molecule has 106 valence electrons. The molecule has 5 heteroatoms. The maximum atomic E-state index is 12.8. The fourth-order valence-corrected chi connectivity index (χ4v) is 2.62. The smallest absolute Gasteiger partial charge is 0.371 e. The van der Waals surface area contributed by atoms with Gasteiger partial charge in [0.05, 0.1) is 5.92 Å². The van der Waals surface area contributed by atoms with Crippen molar-refractivity contribution in [2.75, 3.05) is 25.0 Å². The number of nitrogens with zero attached hydrogens (tertiary/aromatic N) is 1. The lowest BCUT2D eigenvalue weighted by atomic mass is 9.96. The summed E-state index contributed by atoms with van der Waals surface area (Å²) in [4.78, 5) is 1.87. The maximum absolute atomic E-state index is 12.8. The fourth-order valence-electron chi connectivity index (χ4n) is 2.62. The zero-order valence-corrected chi connectivity index (χ0v) is 11.0. The normalized spacial score (nSPS) is 20.6. The third-order valence-electron chi connectivity index (χ3n) is 3.58. The molecule has 1 fully saturated rings. The van der Waals surface area contributed by atoms with Gasteiger partial charge in [-0.2, -0.15) is 13.2 Å². The highest BCUT2D eigenvalue weighted by Crippen LogP contribution is 2.35. The van der Waals surface area contributed by atoms with Gasteiger partial charge in [0.25, 0.3) is 0 Å². The van der Waals surface area contributed by atoms with Crippen molar-refractivity contribution in [1.29, 1.82) is 0 Å². The van der Waals surface area contributed by atoms with E-state index in [4.69, 9.17) is 0 Å². The van der Waals surface area contributed by atoms with Crippen LogP contribution in [-0.2, 0) is 6.54 Å². The third kappa shape index (κ3) is 3.41. The van der Waals surface area contributed by atoms with Crippen LogP contribution in [-0.4, -0.2) is 26.3 Å². The monoisotopic (exact) mass is 272 g/mol. The molecule has 0 spiro atoms. The maximum Gasteiger partial charge on any atom is 0.393 e. The molecule has 0 amide bonds. The molecular weight excluding hydrogens is 253 g/mol. The van der Waals surface area contributed by atoms with Crippen LogP contribution in [0.1, 0.15) is 18.4 Å². The van der Waals surface area contributed by atoms with Crippen molar-refractivity contribution in [3.8, 4) is 0 Å². The van der Waals surface area contributed by atoms with E-state index in [9.17, 15) is 13.2 Å². The molecule has 19 heavy (non-hydrogen) atoms. The average molecular weight is 272 g/mol. The van der Waals surface area contributed by atoms with Gasteiger partial charge >= 0.3 is 6.18 Å². The zero-order valence-electron chi connectivity index (χ0n) is 11.0. The number of halogens is 3. The second-order valence-corrected chi connectivity index (χ2v) is 4.99. The lowest BCUT2D eigenvalue weighted by Crippen LogP contribution is -2.42. The number of rotatable bonds is 3. The van der Waals surface area contributed by atoms with Crippen LogP contribution in [0.3, 0.4) is 0 Å². The number of piperidine rings is 1. The van der Waals surface area contributed by atoms with Crippen molar-refractivity contribution < 1.29 is 13.2 Å². The number of nitrogens with one attached hydrogen (secondary N) is 1. The lowest BCUT2D eigenvalue weighted by molar-refractivity contribution is -0.176. The molecule has 1 aliphatic heterocycles. The minimum atomic E-state index is -4.09. The second-order valence-electron chi connectivity index (χ2n) is 4.99.